The van der Waals surface area contributed by atoms with Crippen LogP contribution >= 0.6 is 0 Å². The Morgan fingerprint density at radius 3 is 2.15 bits per heavy atom. The van der Waals surface area contributed by atoms with Crippen LogP contribution in [0.3, 0.4) is 0 Å². The fourth-order valence-electron chi connectivity index (χ4n) is 2.47. The Balaban J connectivity index is 2.51. The van der Waals surface area contributed by atoms with Crippen LogP contribution in [0, 0.1) is 13.8 Å². The van der Waals surface area contributed by atoms with Crippen LogP contribution in [0.1, 0.15) is 30.5 Å². The quantitative estimate of drug-likeness (QED) is 0.511. The first-order chi connectivity index (χ1) is 9.31. The molecule has 1 fully saturated rings. The maximum atomic E-state index is 12.2. The van der Waals surface area contributed by atoms with Crippen molar-refractivity contribution in [3.8, 4) is 0 Å². The monoisotopic (exact) mass is 273 g/mol. The van der Waals surface area contributed by atoms with Crippen LogP contribution in [0.5, 0.6) is 0 Å². The van der Waals surface area contributed by atoms with Crippen molar-refractivity contribution in [1.29, 1.82) is 0 Å². The van der Waals surface area contributed by atoms with Crippen LogP contribution in [0.15, 0.2) is 23.8 Å². The predicted octanol–water partition coefficient (Wildman–Crippen LogP) is 2.39. The van der Waals surface area contributed by atoms with E-state index in [4.69, 9.17) is 0 Å². The van der Waals surface area contributed by atoms with Crippen molar-refractivity contribution >= 4 is 17.4 Å². The summed E-state index contributed by atoms with van der Waals surface area (Å²) >= 11 is 0. The summed E-state index contributed by atoms with van der Waals surface area (Å²) in [5.41, 5.74) is 2.38. The number of aliphatic hydroxyl groups excluding tert-OH is 1. The zero-order valence-electron chi connectivity index (χ0n) is 12.2. The Kier molecular flexibility index (Phi) is 3.66. The molecule has 0 aromatic heterocycles. The van der Waals surface area contributed by atoms with E-state index >= 15 is 0 Å². The number of carbonyl (C=O) groups excluding carboxylic acids is 2. The molecule has 1 amide bonds. The van der Waals surface area contributed by atoms with Crippen molar-refractivity contribution in [3.63, 3.8) is 0 Å². The predicted molar refractivity (Wildman–Crippen MR) is 77.3 cm³/mol. The molecule has 20 heavy (non-hydrogen) atoms. The first-order valence-electron chi connectivity index (χ1n) is 6.67. The van der Waals surface area contributed by atoms with Gasteiger partial charge < -0.3 is 10.0 Å². The average Bonchev–Trinajstić information content (AvgIpc) is 2.63. The van der Waals surface area contributed by atoms with Crippen molar-refractivity contribution in [1.82, 2.24) is 4.90 Å². The first-order valence-corrected chi connectivity index (χ1v) is 6.67. The molecule has 1 heterocycles. The van der Waals surface area contributed by atoms with Gasteiger partial charge in [-0.1, -0.05) is 17.2 Å². The fourth-order valence-corrected chi connectivity index (χ4v) is 2.47. The summed E-state index contributed by atoms with van der Waals surface area (Å²) in [6, 6.07) is 5.46. The highest BCUT2D eigenvalue weighted by Crippen LogP contribution is 2.25. The molecular weight excluding hydrogens is 254 g/mol. The van der Waals surface area contributed by atoms with Gasteiger partial charge >= 0.3 is 0 Å². The molecular formula is C16H19NO3. The van der Waals surface area contributed by atoms with Crippen molar-refractivity contribution in [2.24, 2.45) is 0 Å². The molecule has 2 rings (SSSR count). The van der Waals surface area contributed by atoms with Crippen LogP contribution in [0.2, 0.25) is 0 Å². The van der Waals surface area contributed by atoms with E-state index in [0.29, 0.717) is 5.56 Å². The molecule has 1 aromatic carbocycles. The summed E-state index contributed by atoms with van der Waals surface area (Å²) in [6.45, 7) is 7.56. The van der Waals surface area contributed by atoms with Gasteiger partial charge in [-0.2, -0.15) is 0 Å². The van der Waals surface area contributed by atoms with E-state index in [1.54, 1.807) is 12.1 Å². The number of carbonyl (C=O) groups is 2. The number of nitrogens with zero attached hydrogens (tertiary/aromatic N) is 1. The highest BCUT2D eigenvalue weighted by Gasteiger charge is 2.38. The second-order valence-electron chi connectivity index (χ2n) is 5.55. The van der Waals surface area contributed by atoms with E-state index in [1.807, 2.05) is 33.8 Å². The molecule has 0 unspecified atom stereocenters. The lowest BCUT2D eigenvalue weighted by Gasteiger charge is -2.18. The number of aliphatic hydroxyl groups is 1. The minimum absolute atomic E-state index is 0.0424. The first kappa shape index (κ1) is 14.3. The van der Waals surface area contributed by atoms with Gasteiger partial charge in [0.15, 0.2) is 5.78 Å². The maximum Gasteiger partial charge on any atom is 0.262 e. The number of hydrogen-bond acceptors (Lipinski definition) is 3. The summed E-state index contributed by atoms with van der Waals surface area (Å²) in [4.78, 5) is 25.7. The maximum absolute atomic E-state index is 12.2. The minimum atomic E-state index is -0.387. The normalized spacial score (nSPS) is 18.1. The molecule has 0 saturated carbocycles. The molecule has 0 spiro atoms. The van der Waals surface area contributed by atoms with E-state index in [0.717, 1.165) is 11.1 Å². The Morgan fingerprint density at radius 1 is 1.15 bits per heavy atom. The van der Waals surface area contributed by atoms with Crippen LogP contribution in [-0.2, 0) is 9.59 Å². The van der Waals surface area contributed by atoms with E-state index in [-0.39, 0.29) is 35.6 Å². The smallest absolute Gasteiger partial charge is 0.262 e. The molecule has 0 aliphatic carbocycles. The summed E-state index contributed by atoms with van der Waals surface area (Å²) in [6.07, 6.45) is 0. The van der Waals surface area contributed by atoms with Crippen LogP contribution in [0.25, 0.3) is 5.76 Å². The molecule has 0 bridgehead atoms. The van der Waals surface area contributed by atoms with E-state index in [9.17, 15) is 14.7 Å². The Hall–Kier alpha value is -2.10. The topological polar surface area (TPSA) is 57.6 Å². The van der Waals surface area contributed by atoms with Gasteiger partial charge in [0.2, 0.25) is 0 Å². The number of benzene rings is 1. The molecule has 106 valence electrons. The second-order valence-corrected chi connectivity index (χ2v) is 5.55. The highest BCUT2D eigenvalue weighted by atomic mass is 16.3. The fraction of sp³-hybridized carbons (Fsp3) is 0.375. The van der Waals surface area contributed by atoms with Crippen LogP contribution in [0.4, 0.5) is 0 Å². The van der Waals surface area contributed by atoms with Gasteiger partial charge in [-0.15, -0.1) is 0 Å². The third kappa shape index (κ3) is 2.46. The summed E-state index contributed by atoms with van der Waals surface area (Å²) in [5, 5.41) is 10.3. The molecule has 0 radical (unpaired) electrons. The Labute approximate surface area is 118 Å². The van der Waals surface area contributed by atoms with Crippen molar-refractivity contribution < 1.29 is 14.7 Å². The van der Waals surface area contributed by atoms with Crippen molar-refractivity contribution in [2.75, 3.05) is 6.54 Å². The van der Waals surface area contributed by atoms with E-state index in [1.165, 1.54) is 4.90 Å². The molecule has 0 atom stereocenters. The largest absolute Gasteiger partial charge is 0.506 e. The van der Waals surface area contributed by atoms with E-state index in [2.05, 4.69) is 0 Å². The van der Waals surface area contributed by atoms with E-state index < -0.39 is 0 Å². The Morgan fingerprint density at radius 2 is 1.70 bits per heavy atom. The lowest BCUT2D eigenvalue weighted by atomic mass is 10.0. The van der Waals surface area contributed by atoms with Crippen molar-refractivity contribution in [2.45, 2.75) is 33.7 Å². The highest BCUT2D eigenvalue weighted by molar-refractivity contribution is 6.28. The lowest BCUT2D eigenvalue weighted by Crippen LogP contribution is -2.32. The number of amides is 1. The minimum Gasteiger partial charge on any atom is -0.506 e. The van der Waals surface area contributed by atoms with Gasteiger partial charge in [-0.3, -0.25) is 9.59 Å². The number of Topliss-reactive ketones (excluding diaryl/α,β-unsaturated/α-hetero) is 1. The van der Waals surface area contributed by atoms with Crippen molar-refractivity contribution in [3.05, 3.63) is 40.5 Å². The molecule has 4 heteroatoms. The van der Waals surface area contributed by atoms with Gasteiger partial charge in [0, 0.05) is 11.6 Å². The summed E-state index contributed by atoms with van der Waals surface area (Å²) in [5.74, 6) is -0.919. The summed E-state index contributed by atoms with van der Waals surface area (Å²) < 4.78 is 0. The molecule has 1 N–H and O–H groups in total. The molecule has 1 aliphatic heterocycles. The van der Waals surface area contributed by atoms with Gasteiger partial charge in [0.1, 0.15) is 11.3 Å². The number of rotatable bonds is 2. The number of likely N-dealkylation sites (tertiary alicyclic amines) is 1. The summed E-state index contributed by atoms with van der Waals surface area (Å²) in [7, 11) is 0. The number of ketones is 1. The zero-order chi connectivity index (χ0) is 15.0. The second kappa shape index (κ2) is 5.12. The lowest BCUT2D eigenvalue weighted by molar-refractivity contribution is -0.126. The molecule has 1 aromatic rings. The van der Waals surface area contributed by atoms with Gasteiger partial charge in [0.05, 0.1) is 6.54 Å². The SMILES string of the molecule is Cc1cc(C)cc(/C(O)=C2/C(=O)CN(C(C)C)C2=O)c1. The van der Waals surface area contributed by atoms with Gasteiger partial charge in [-0.25, -0.2) is 0 Å². The number of aryl methyl sites for hydroxylation is 2. The third-order valence-corrected chi connectivity index (χ3v) is 3.42. The Bertz CT molecular complexity index is 594. The molecule has 4 nitrogen and oxygen atoms in total. The standard InChI is InChI=1S/C16H19NO3/c1-9(2)17-8-13(18)14(16(17)20)15(19)12-6-10(3)5-11(4)7-12/h5-7,9,19H,8H2,1-4H3/b15-14+. The van der Waals surface area contributed by atoms with Crippen LogP contribution < -0.4 is 0 Å². The molecule has 1 aliphatic rings. The van der Waals surface area contributed by atoms with Crippen LogP contribution in [-0.4, -0.2) is 34.3 Å². The van der Waals surface area contributed by atoms with Gasteiger partial charge in [-0.05, 0) is 39.8 Å². The zero-order valence-corrected chi connectivity index (χ0v) is 12.2. The molecule has 1 saturated heterocycles. The van der Waals surface area contributed by atoms with Gasteiger partial charge in [0.25, 0.3) is 5.91 Å². The average molecular weight is 273 g/mol. The number of hydrogen-bond donors (Lipinski definition) is 1. The third-order valence-electron chi connectivity index (χ3n) is 3.42.